The highest BCUT2D eigenvalue weighted by molar-refractivity contribution is 5.66. The number of hydrogen-bond donors (Lipinski definition) is 1. The van der Waals surface area contributed by atoms with Crippen LogP contribution in [0.5, 0.6) is 17.4 Å². The van der Waals surface area contributed by atoms with Crippen LogP contribution in [-0.4, -0.2) is 53.6 Å². The molecule has 25 heavy (non-hydrogen) atoms. The Morgan fingerprint density at radius 2 is 1.96 bits per heavy atom. The van der Waals surface area contributed by atoms with Crippen LogP contribution in [0, 0.1) is 0 Å². The summed E-state index contributed by atoms with van der Waals surface area (Å²) in [5, 5.41) is 9.78. The quantitative estimate of drug-likeness (QED) is 0.896. The van der Waals surface area contributed by atoms with E-state index in [1.54, 1.807) is 18.2 Å². The molecule has 0 aliphatic carbocycles. The van der Waals surface area contributed by atoms with Gasteiger partial charge in [0.1, 0.15) is 18.0 Å². The second-order valence-electron chi connectivity index (χ2n) is 6.81. The molecule has 7 nitrogen and oxygen atoms in total. The number of nitrogens with zero attached hydrogens (tertiary/aromatic N) is 3. The van der Waals surface area contributed by atoms with Crippen LogP contribution < -0.4 is 14.4 Å². The summed E-state index contributed by atoms with van der Waals surface area (Å²) < 4.78 is 17.4. The zero-order chi connectivity index (χ0) is 17.4. The Labute approximate surface area is 146 Å². The van der Waals surface area contributed by atoms with Crippen LogP contribution in [0.4, 0.5) is 5.82 Å². The van der Waals surface area contributed by atoms with Crippen molar-refractivity contribution in [1.82, 2.24) is 9.97 Å². The molecule has 1 aromatic heterocycles. The van der Waals surface area contributed by atoms with Crippen LogP contribution in [0.15, 0.2) is 24.3 Å². The van der Waals surface area contributed by atoms with Crippen molar-refractivity contribution in [3.05, 3.63) is 24.3 Å². The fourth-order valence-corrected chi connectivity index (χ4v) is 2.91. The topological polar surface area (TPSA) is 76.9 Å². The van der Waals surface area contributed by atoms with E-state index in [4.69, 9.17) is 19.2 Å². The van der Waals surface area contributed by atoms with Gasteiger partial charge >= 0.3 is 0 Å². The number of anilines is 1. The van der Waals surface area contributed by atoms with E-state index in [0.29, 0.717) is 43.1 Å². The second kappa shape index (κ2) is 6.07. The molecular formula is C18H21N3O4. The Morgan fingerprint density at radius 1 is 1.16 bits per heavy atom. The van der Waals surface area contributed by atoms with Gasteiger partial charge in [0, 0.05) is 18.7 Å². The molecule has 0 atom stereocenters. The Kier molecular flexibility index (Phi) is 3.88. The standard InChI is InChI=1S/C18H21N3O4/c1-18(2)11-24-14-16(21-6-8-23-9-7-21)19-15(20-17(14)25-18)12-4-3-5-13(22)10-12/h3-5,10,22H,6-9,11H2,1-2H3. The predicted octanol–water partition coefficient (Wildman–Crippen LogP) is 2.24. The smallest absolute Gasteiger partial charge is 0.263 e. The van der Waals surface area contributed by atoms with E-state index in [-0.39, 0.29) is 5.75 Å². The molecule has 0 spiro atoms. The average Bonchev–Trinajstić information content (AvgIpc) is 2.60. The van der Waals surface area contributed by atoms with E-state index < -0.39 is 5.60 Å². The van der Waals surface area contributed by atoms with E-state index in [9.17, 15) is 5.11 Å². The normalized spacial score (nSPS) is 18.9. The van der Waals surface area contributed by atoms with Gasteiger partial charge in [-0.3, -0.25) is 0 Å². The lowest BCUT2D eigenvalue weighted by atomic mass is 10.1. The van der Waals surface area contributed by atoms with Gasteiger partial charge in [-0.25, -0.2) is 4.98 Å². The van der Waals surface area contributed by atoms with Gasteiger partial charge in [-0.2, -0.15) is 4.98 Å². The first-order chi connectivity index (χ1) is 12.0. The third-order valence-corrected chi connectivity index (χ3v) is 4.17. The van der Waals surface area contributed by atoms with Crippen molar-refractivity contribution in [2.24, 2.45) is 0 Å². The number of aromatic hydroxyl groups is 1. The van der Waals surface area contributed by atoms with Crippen LogP contribution >= 0.6 is 0 Å². The fraction of sp³-hybridized carbons (Fsp3) is 0.444. The van der Waals surface area contributed by atoms with Crippen molar-refractivity contribution in [3.63, 3.8) is 0 Å². The summed E-state index contributed by atoms with van der Waals surface area (Å²) >= 11 is 0. The molecule has 1 aromatic carbocycles. The first-order valence-corrected chi connectivity index (χ1v) is 8.38. The van der Waals surface area contributed by atoms with Crippen molar-refractivity contribution >= 4 is 5.82 Å². The highest BCUT2D eigenvalue weighted by Gasteiger charge is 2.34. The molecule has 2 aliphatic heterocycles. The molecule has 132 valence electrons. The molecule has 0 saturated carbocycles. The van der Waals surface area contributed by atoms with E-state index in [1.165, 1.54) is 0 Å². The molecule has 1 saturated heterocycles. The number of ether oxygens (including phenoxy) is 3. The zero-order valence-corrected chi connectivity index (χ0v) is 14.4. The number of rotatable bonds is 2. The number of benzene rings is 1. The Hall–Kier alpha value is -2.54. The molecule has 2 aromatic rings. The number of hydrogen-bond acceptors (Lipinski definition) is 7. The fourth-order valence-electron chi connectivity index (χ4n) is 2.91. The lowest BCUT2D eigenvalue weighted by Gasteiger charge is -2.35. The van der Waals surface area contributed by atoms with Crippen LogP contribution in [0.2, 0.25) is 0 Å². The number of fused-ring (bicyclic) bond motifs is 1. The van der Waals surface area contributed by atoms with Crippen LogP contribution in [0.25, 0.3) is 11.4 Å². The number of phenols is 1. The number of phenolic OH excluding ortho intramolecular Hbond substituents is 1. The van der Waals surface area contributed by atoms with Crippen LogP contribution in [0.1, 0.15) is 13.8 Å². The molecule has 0 unspecified atom stereocenters. The van der Waals surface area contributed by atoms with Crippen molar-refractivity contribution in [2.45, 2.75) is 19.4 Å². The van der Waals surface area contributed by atoms with Crippen LogP contribution in [0.3, 0.4) is 0 Å². The molecule has 0 amide bonds. The summed E-state index contributed by atoms with van der Waals surface area (Å²) in [6.07, 6.45) is 0. The van der Waals surface area contributed by atoms with E-state index in [2.05, 4.69) is 9.88 Å². The molecule has 4 rings (SSSR count). The SMILES string of the molecule is CC1(C)COc2c(nc(-c3cccc(O)c3)nc2N2CCOCC2)O1. The van der Waals surface area contributed by atoms with Crippen molar-refractivity contribution in [2.75, 3.05) is 37.8 Å². The Balaban J connectivity index is 1.83. The van der Waals surface area contributed by atoms with E-state index >= 15 is 0 Å². The van der Waals surface area contributed by atoms with Gasteiger partial charge in [-0.15, -0.1) is 0 Å². The molecule has 1 fully saturated rings. The number of aromatic nitrogens is 2. The summed E-state index contributed by atoms with van der Waals surface area (Å²) in [5.74, 6) is 2.39. The predicted molar refractivity (Wildman–Crippen MR) is 92.4 cm³/mol. The lowest BCUT2D eigenvalue weighted by Crippen LogP contribution is -2.41. The minimum atomic E-state index is -0.459. The van der Waals surface area contributed by atoms with Gasteiger partial charge in [-0.05, 0) is 26.0 Å². The van der Waals surface area contributed by atoms with Crippen molar-refractivity contribution < 1.29 is 19.3 Å². The van der Waals surface area contributed by atoms with Gasteiger partial charge < -0.3 is 24.2 Å². The van der Waals surface area contributed by atoms with Gasteiger partial charge in [0.15, 0.2) is 11.6 Å². The summed E-state index contributed by atoms with van der Waals surface area (Å²) in [5.41, 5.74) is 0.268. The maximum atomic E-state index is 9.78. The molecule has 1 N–H and O–H groups in total. The molecule has 7 heteroatoms. The van der Waals surface area contributed by atoms with Gasteiger partial charge in [0.25, 0.3) is 5.88 Å². The first kappa shape index (κ1) is 16.0. The van der Waals surface area contributed by atoms with Crippen molar-refractivity contribution in [1.29, 1.82) is 0 Å². The Bertz CT molecular complexity index is 788. The summed E-state index contributed by atoms with van der Waals surface area (Å²) in [6.45, 7) is 7.11. The number of morpholine rings is 1. The van der Waals surface area contributed by atoms with Gasteiger partial charge in [0.05, 0.1) is 13.2 Å². The van der Waals surface area contributed by atoms with E-state index in [0.717, 1.165) is 18.7 Å². The molecule has 2 aliphatic rings. The highest BCUT2D eigenvalue weighted by Crippen LogP contribution is 2.42. The molecule has 0 radical (unpaired) electrons. The first-order valence-electron chi connectivity index (χ1n) is 8.38. The second-order valence-corrected chi connectivity index (χ2v) is 6.81. The van der Waals surface area contributed by atoms with Gasteiger partial charge in [-0.1, -0.05) is 12.1 Å². The monoisotopic (exact) mass is 343 g/mol. The van der Waals surface area contributed by atoms with Crippen LogP contribution in [-0.2, 0) is 4.74 Å². The molecule has 0 bridgehead atoms. The third-order valence-electron chi connectivity index (χ3n) is 4.17. The highest BCUT2D eigenvalue weighted by atomic mass is 16.6. The molecular weight excluding hydrogens is 322 g/mol. The summed E-state index contributed by atoms with van der Waals surface area (Å²) in [4.78, 5) is 11.4. The Morgan fingerprint density at radius 3 is 2.72 bits per heavy atom. The average molecular weight is 343 g/mol. The minimum absolute atomic E-state index is 0.171. The minimum Gasteiger partial charge on any atom is -0.508 e. The summed E-state index contributed by atoms with van der Waals surface area (Å²) in [6, 6.07) is 6.88. The molecule has 3 heterocycles. The third kappa shape index (κ3) is 3.19. The van der Waals surface area contributed by atoms with E-state index in [1.807, 2.05) is 19.9 Å². The lowest BCUT2D eigenvalue weighted by molar-refractivity contribution is 0.0160. The van der Waals surface area contributed by atoms with Gasteiger partial charge in [0.2, 0.25) is 5.75 Å². The maximum Gasteiger partial charge on any atom is 0.263 e. The largest absolute Gasteiger partial charge is 0.508 e. The zero-order valence-electron chi connectivity index (χ0n) is 14.4. The summed E-state index contributed by atoms with van der Waals surface area (Å²) in [7, 11) is 0. The van der Waals surface area contributed by atoms with Crippen molar-refractivity contribution in [3.8, 4) is 28.8 Å². The maximum absolute atomic E-state index is 9.78.